The normalized spacial score (nSPS) is 13.2. The second-order valence-electron chi connectivity index (χ2n) is 14.7. The Morgan fingerprint density at radius 3 is 1.83 bits per heavy atom. The van der Waals surface area contributed by atoms with Crippen LogP contribution >= 0.6 is 12.6 Å². The monoisotopic (exact) mass is 707 g/mol. The SMILES string of the molecule is C=C/C(=C(\S)C(=C)C)C(C)C(C)c1c(C)c(C)c(C)c(-c2ccc3c(c2)c2ccc(-c4ccccc4)cc2n3-c2cccc(-c3ccccc3)c2)c1C. The van der Waals surface area contributed by atoms with Crippen molar-refractivity contribution >= 4 is 34.4 Å². The van der Waals surface area contributed by atoms with Crippen LogP contribution in [0.5, 0.6) is 0 Å². The van der Waals surface area contributed by atoms with Crippen LogP contribution in [0.25, 0.3) is 60.9 Å². The fourth-order valence-electron chi connectivity index (χ4n) is 8.47. The van der Waals surface area contributed by atoms with E-state index in [1.54, 1.807) is 0 Å². The van der Waals surface area contributed by atoms with Gasteiger partial charge in [0.2, 0.25) is 0 Å². The molecule has 2 heteroatoms. The molecule has 7 aromatic rings. The van der Waals surface area contributed by atoms with Crippen LogP contribution in [0.3, 0.4) is 0 Å². The van der Waals surface area contributed by atoms with Gasteiger partial charge in [-0.2, -0.15) is 0 Å². The van der Waals surface area contributed by atoms with E-state index in [9.17, 15) is 0 Å². The number of aromatic nitrogens is 1. The van der Waals surface area contributed by atoms with Gasteiger partial charge in [-0.25, -0.2) is 0 Å². The minimum atomic E-state index is 0.218. The standard InChI is InChI=1S/C51H49NS/c1-10-44(51(53)31(2)3)33(5)36(8)49-34(6)32(4)35(7)50(37(49)9)42-25-27-47-46(29-42)45-26-24-41(39-20-15-12-16-21-39)30-48(45)52(47)43-23-17-22-40(28-43)38-18-13-11-14-19-38/h10-30,33,36,53H,1-2H2,3-9H3/b51-44+. The molecule has 0 N–H and O–H groups in total. The van der Waals surface area contributed by atoms with E-state index in [0.717, 1.165) is 21.7 Å². The number of fused-ring (bicyclic) bond motifs is 3. The predicted molar refractivity (Wildman–Crippen MR) is 235 cm³/mol. The van der Waals surface area contributed by atoms with Crippen molar-refractivity contribution in [1.29, 1.82) is 0 Å². The fraction of sp³-hybridized carbons (Fsp3) is 0.176. The highest BCUT2D eigenvalue weighted by atomic mass is 32.1. The van der Waals surface area contributed by atoms with E-state index in [-0.39, 0.29) is 11.8 Å². The van der Waals surface area contributed by atoms with E-state index in [0.29, 0.717) is 0 Å². The minimum absolute atomic E-state index is 0.218. The van der Waals surface area contributed by atoms with E-state index in [1.807, 2.05) is 13.0 Å². The van der Waals surface area contributed by atoms with Crippen LogP contribution < -0.4 is 0 Å². The third kappa shape index (κ3) is 6.40. The summed E-state index contributed by atoms with van der Waals surface area (Å²) < 4.78 is 2.45. The molecule has 53 heavy (non-hydrogen) atoms. The molecule has 7 rings (SSSR count). The average molecular weight is 708 g/mol. The Morgan fingerprint density at radius 1 is 0.604 bits per heavy atom. The summed E-state index contributed by atoms with van der Waals surface area (Å²) in [7, 11) is 0. The molecule has 0 aliphatic rings. The molecule has 1 nitrogen and oxygen atoms in total. The lowest BCUT2D eigenvalue weighted by Gasteiger charge is -2.29. The second kappa shape index (κ2) is 14.6. The molecule has 0 bridgehead atoms. The first-order chi connectivity index (χ1) is 25.5. The molecule has 2 atom stereocenters. The van der Waals surface area contributed by atoms with Gasteiger partial charge in [-0.05, 0) is 149 Å². The molecule has 0 amide bonds. The van der Waals surface area contributed by atoms with Crippen molar-refractivity contribution in [2.75, 3.05) is 0 Å². The lowest BCUT2D eigenvalue weighted by atomic mass is 9.75. The van der Waals surface area contributed by atoms with Gasteiger partial charge < -0.3 is 4.57 Å². The molecule has 1 heterocycles. The molecule has 6 aromatic carbocycles. The number of benzene rings is 6. The molecule has 0 saturated heterocycles. The Morgan fingerprint density at radius 2 is 1.21 bits per heavy atom. The van der Waals surface area contributed by atoms with E-state index < -0.39 is 0 Å². The quantitative estimate of drug-likeness (QED) is 0.113. The van der Waals surface area contributed by atoms with E-state index in [1.165, 1.54) is 83.0 Å². The number of hydrogen-bond acceptors (Lipinski definition) is 1. The first kappa shape index (κ1) is 36.1. The predicted octanol–water partition coefficient (Wildman–Crippen LogP) is 14.7. The smallest absolute Gasteiger partial charge is 0.0547 e. The molecule has 1 aromatic heterocycles. The van der Waals surface area contributed by atoms with Crippen molar-refractivity contribution < 1.29 is 0 Å². The Hall–Kier alpha value is -5.31. The van der Waals surface area contributed by atoms with Gasteiger partial charge in [-0.15, -0.1) is 12.6 Å². The highest BCUT2D eigenvalue weighted by Crippen LogP contribution is 2.44. The van der Waals surface area contributed by atoms with Crippen LogP contribution in [0.15, 0.2) is 157 Å². The molecule has 0 spiro atoms. The second-order valence-corrected chi connectivity index (χ2v) is 15.2. The van der Waals surface area contributed by atoms with E-state index in [4.69, 9.17) is 12.6 Å². The van der Waals surface area contributed by atoms with Gasteiger partial charge >= 0.3 is 0 Å². The molecule has 264 valence electrons. The first-order valence-electron chi connectivity index (χ1n) is 18.6. The zero-order chi connectivity index (χ0) is 37.6. The number of thiol groups is 1. The van der Waals surface area contributed by atoms with Crippen LogP contribution in [0.4, 0.5) is 0 Å². The summed E-state index contributed by atoms with van der Waals surface area (Å²) in [5.41, 5.74) is 19.9. The van der Waals surface area contributed by atoms with Crippen molar-refractivity contribution in [1.82, 2.24) is 4.57 Å². The van der Waals surface area contributed by atoms with Crippen molar-refractivity contribution in [3.63, 3.8) is 0 Å². The van der Waals surface area contributed by atoms with Gasteiger partial charge in [-0.3, -0.25) is 0 Å². The van der Waals surface area contributed by atoms with Crippen molar-refractivity contribution in [3.05, 3.63) is 184 Å². The topological polar surface area (TPSA) is 4.93 Å². The number of nitrogens with zero attached hydrogens (tertiary/aromatic N) is 1. The zero-order valence-electron chi connectivity index (χ0n) is 32.1. The highest BCUT2D eigenvalue weighted by Gasteiger charge is 2.26. The Labute approximate surface area is 321 Å². The highest BCUT2D eigenvalue weighted by molar-refractivity contribution is 7.84. The minimum Gasteiger partial charge on any atom is -0.309 e. The van der Waals surface area contributed by atoms with Crippen LogP contribution in [0.1, 0.15) is 54.5 Å². The molecular formula is C51H49NS. The average Bonchev–Trinajstić information content (AvgIpc) is 3.51. The zero-order valence-corrected chi connectivity index (χ0v) is 33.0. The van der Waals surface area contributed by atoms with Crippen molar-refractivity contribution in [2.24, 2.45) is 5.92 Å². The number of allylic oxidation sites excluding steroid dienone is 3. The summed E-state index contributed by atoms with van der Waals surface area (Å²) in [6, 6.07) is 44.3. The van der Waals surface area contributed by atoms with Crippen molar-refractivity contribution in [2.45, 2.75) is 54.4 Å². The summed E-state index contributed by atoms with van der Waals surface area (Å²) in [6.07, 6.45) is 1.97. The molecule has 0 aliphatic heterocycles. The lowest BCUT2D eigenvalue weighted by molar-refractivity contribution is 0.564. The molecule has 0 aliphatic carbocycles. The van der Waals surface area contributed by atoms with Crippen molar-refractivity contribution in [3.8, 4) is 39.1 Å². The third-order valence-corrected chi connectivity index (χ3v) is 12.3. The van der Waals surface area contributed by atoms with Gasteiger partial charge in [0.15, 0.2) is 0 Å². The molecule has 2 unspecified atom stereocenters. The van der Waals surface area contributed by atoms with Gasteiger partial charge in [0, 0.05) is 21.4 Å². The lowest BCUT2D eigenvalue weighted by Crippen LogP contribution is -2.14. The summed E-state index contributed by atoms with van der Waals surface area (Å²) in [6.45, 7) is 24.2. The van der Waals surface area contributed by atoms with Crippen LogP contribution in [0, 0.1) is 33.6 Å². The largest absolute Gasteiger partial charge is 0.309 e. The summed E-state index contributed by atoms with van der Waals surface area (Å²) >= 11 is 4.86. The summed E-state index contributed by atoms with van der Waals surface area (Å²) in [5, 5.41) is 2.50. The molecular weight excluding hydrogens is 659 g/mol. The number of rotatable bonds is 9. The molecule has 0 radical (unpaired) electrons. The van der Waals surface area contributed by atoms with Gasteiger partial charge in [0.1, 0.15) is 0 Å². The molecule has 0 fully saturated rings. The maximum atomic E-state index is 4.86. The Kier molecular flexibility index (Phi) is 9.94. The molecule has 0 saturated carbocycles. The maximum absolute atomic E-state index is 4.86. The van der Waals surface area contributed by atoms with E-state index >= 15 is 0 Å². The summed E-state index contributed by atoms with van der Waals surface area (Å²) in [5.74, 6) is 0.469. The van der Waals surface area contributed by atoms with Gasteiger partial charge in [0.05, 0.1) is 11.0 Å². The van der Waals surface area contributed by atoms with Gasteiger partial charge in [0.25, 0.3) is 0 Å². The first-order valence-corrected chi connectivity index (χ1v) is 19.1. The summed E-state index contributed by atoms with van der Waals surface area (Å²) in [4.78, 5) is 0.935. The maximum Gasteiger partial charge on any atom is 0.0547 e. The van der Waals surface area contributed by atoms with Crippen LogP contribution in [0.2, 0.25) is 0 Å². The van der Waals surface area contributed by atoms with Crippen LogP contribution in [-0.4, -0.2) is 4.57 Å². The Bertz CT molecular complexity index is 2560. The number of hydrogen-bond donors (Lipinski definition) is 1. The van der Waals surface area contributed by atoms with E-state index in [2.05, 4.69) is 181 Å². The third-order valence-electron chi connectivity index (χ3n) is 11.7. The fourth-order valence-corrected chi connectivity index (χ4v) is 8.76. The Balaban J connectivity index is 1.45. The van der Waals surface area contributed by atoms with Gasteiger partial charge in [-0.1, -0.05) is 124 Å². The van der Waals surface area contributed by atoms with Crippen LogP contribution in [-0.2, 0) is 0 Å².